The van der Waals surface area contributed by atoms with Crippen molar-refractivity contribution in [3.05, 3.63) is 28.8 Å². The van der Waals surface area contributed by atoms with Gasteiger partial charge in [-0.2, -0.15) is 0 Å². The summed E-state index contributed by atoms with van der Waals surface area (Å²) in [6.45, 7) is 3.79. The molecule has 0 aliphatic carbocycles. The zero-order valence-corrected chi connectivity index (χ0v) is 10.4. The number of carbonyl (C=O) groups is 1. The smallest absolute Gasteiger partial charge is 0.347 e. The molecule has 1 aromatic carbocycles. The topological polar surface area (TPSA) is 35.5 Å². The molecule has 0 spiro atoms. The molecule has 0 amide bonds. The molecular weight excluding hydrogens is 228 g/mol. The van der Waals surface area contributed by atoms with Gasteiger partial charge in [0.05, 0.1) is 12.1 Å². The van der Waals surface area contributed by atoms with Crippen LogP contribution in [0.15, 0.2) is 18.2 Å². The van der Waals surface area contributed by atoms with Crippen molar-refractivity contribution >= 4 is 17.6 Å². The van der Waals surface area contributed by atoms with Crippen LogP contribution in [0.4, 0.5) is 0 Å². The minimum Gasteiger partial charge on any atom is -0.477 e. The first kappa shape index (κ1) is 12.8. The van der Waals surface area contributed by atoms with E-state index in [1.807, 2.05) is 19.9 Å². The number of halogens is 1. The minimum absolute atomic E-state index is 0.389. The summed E-state index contributed by atoms with van der Waals surface area (Å²) in [5, 5.41) is 0.493. The van der Waals surface area contributed by atoms with E-state index in [9.17, 15) is 4.79 Å². The predicted octanol–water partition coefficient (Wildman–Crippen LogP) is 2.98. The van der Waals surface area contributed by atoms with Crippen molar-refractivity contribution in [1.82, 2.24) is 0 Å². The molecule has 1 atom stereocenters. The van der Waals surface area contributed by atoms with Gasteiger partial charge in [0.15, 0.2) is 6.10 Å². The fraction of sp³-hybridized carbons (Fsp3) is 0.417. The van der Waals surface area contributed by atoms with Crippen molar-refractivity contribution in [2.75, 3.05) is 7.11 Å². The van der Waals surface area contributed by atoms with Crippen LogP contribution in [0.1, 0.15) is 18.9 Å². The second kappa shape index (κ2) is 5.75. The third-order valence-electron chi connectivity index (χ3n) is 2.19. The first-order chi connectivity index (χ1) is 7.58. The molecule has 1 rings (SSSR count). The van der Waals surface area contributed by atoms with Crippen molar-refractivity contribution < 1.29 is 14.3 Å². The van der Waals surface area contributed by atoms with Gasteiger partial charge >= 0.3 is 5.97 Å². The molecule has 88 valence electrons. The Morgan fingerprint density at radius 1 is 1.50 bits per heavy atom. The molecule has 0 aromatic heterocycles. The maximum Gasteiger partial charge on any atom is 0.347 e. The highest BCUT2D eigenvalue weighted by Gasteiger charge is 2.19. The van der Waals surface area contributed by atoms with E-state index >= 15 is 0 Å². The molecule has 0 aliphatic heterocycles. The first-order valence-corrected chi connectivity index (χ1v) is 5.47. The van der Waals surface area contributed by atoms with Crippen molar-refractivity contribution in [2.45, 2.75) is 26.4 Å². The third kappa shape index (κ3) is 3.14. The van der Waals surface area contributed by atoms with Crippen molar-refractivity contribution in [3.63, 3.8) is 0 Å². The van der Waals surface area contributed by atoms with Gasteiger partial charge in [-0.3, -0.25) is 0 Å². The van der Waals surface area contributed by atoms with Crippen LogP contribution in [0.25, 0.3) is 0 Å². The molecule has 16 heavy (non-hydrogen) atoms. The number of ether oxygens (including phenoxy) is 2. The fourth-order valence-electron chi connectivity index (χ4n) is 1.28. The lowest BCUT2D eigenvalue weighted by Crippen LogP contribution is -2.27. The molecule has 4 heteroatoms. The molecule has 1 aromatic rings. The van der Waals surface area contributed by atoms with Gasteiger partial charge in [0, 0.05) is 0 Å². The highest BCUT2D eigenvalue weighted by molar-refractivity contribution is 6.32. The SMILES string of the molecule is CC[C@@H](Oc1cc(C)ccc1Cl)C(=O)OC. The largest absolute Gasteiger partial charge is 0.477 e. The molecule has 0 saturated heterocycles. The molecule has 0 unspecified atom stereocenters. The van der Waals surface area contributed by atoms with Gasteiger partial charge in [-0.05, 0) is 31.0 Å². The van der Waals surface area contributed by atoms with Crippen LogP contribution in [0, 0.1) is 6.92 Å². The van der Waals surface area contributed by atoms with Gasteiger partial charge in [-0.1, -0.05) is 24.6 Å². The van der Waals surface area contributed by atoms with Gasteiger partial charge in [0.1, 0.15) is 5.75 Å². The summed E-state index contributed by atoms with van der Waals surface area (Å²) in [6.07, 6.45) is -0.0685. The van der Waals surface area contributed by atoms with Crippen LogP contribution in [-0.2, 0) is 9.53 Å². The summed E-state index contributed by atoms with van der Waals surface area (Å²) in [5.41, 5.74) is 1.03. The molecule has 0 heterocycles. The number of rotatable bonds is 4. The van der Waals surface area contributed by atoms with Crippen LogP contribution < -0.4 is 4.74 Å². The normalized spacial score (nSPS) is 12.0. The quantitative estimate of drug-likeness (QED) is 0.762. The Labute approximate surface area is 100 Å². The standard InChI is InChI=1S/C12H15ClO3/c1-4-10(12(14)15-3)16-11-7-8(2)5-6-9(11)13/h5-7,10H,4H2,1-3H3/t10-/m1/s1. The third-order valence-corrected chi connectivity index (χ3v) is 2.50. The lowest BCUT2D eigenvalue weighted by atomic mass is 10.2. The summed E-state index contributed by atoms with van der Waals surface area (Å²) in [5.74, 6) is 0.124. The minimum atomic E-state index is -0.607. The van der Waals surface area contributed by atoms with Gasteiger partial charge < -0.3 is 9.47 Å². The lowest BCUT2D eigenvalue weighted by Gasteiger charge is -2.16. The summed E-state index contributed by atoms with van der Waals surface area (Å²) in [6, 6.07) is 5.43. The average Bonchev–Trinajstić information content (AvgIpc) is 2.29. The zero-order chi connectivity index (χ0) is 12.1. The molecule has 0 radical (unpaired) electrons. The van der Waals surface area contributed by atoms with Crippen LogP contribution in [0.5, 0.6) is 5.75 Å². The van der Waals surface area contributed by atoms with Gasteiger partial charge in [0.25, 0.3) is 0 Å². The Kier molecular flexibility index (Phi) is 4.62. The highest BCUT2D eigenvalue weighted by atomic mass is 35.5. The molecule has 0 aliphatic rings. The van der Waals surface area contributed by atoms with E-state index in [1.54, 1.807) is 12.1 Å². The summed E-state index contributed by atoms with van der Waals surface area (Å²) in [4.78, 5) is 11.4. The second-order valence-electron chi connectivity index (χ2n) is 3.47. The van der Waals surface area contributed by atoms with Gasteiger partial charge in [-0.15, -0.1) is 0 Å². The van der Waals surface area contributed by atoms with E-state index in [4.69, 9.17) is 16.3 Å². The summed E-state index contributed by atoms with van der Waals surface area (Å²) in [7, 11) is 1.34. The Bertz CT molecular complexity index is 377. The maximum atomic E-state index is 11.4. The van der Waals surface area contributed by atoms with Gasteiger partial charge in [0.2, 0.25) is 0 Å². The van der Waals surface area contributed by atoms with Crippen molar-refractivity contribution in [1.29, 1.82) is 0 Å². The predicted molar refractivity (Wildman–Crippen MR) is 62.9 cm³/mol. The summed E-state index contributed by atoms with van der Waals surface area (Å²) < 4.78 is 10.2. The Hall–Kier alpha value is -1.22. The fourth-order valence-corrected chi connectivity index (χ4v) is 1.45. The lowest BCUT2D eigenvalue weighted by molar-refractivity contribution is -0.148. The van der Waals surface area contributed by atoms with E-state index in [0.717, 1.165) is 5.56 Å². The molecule has 0 bridgehead atoms. The molecular formula is C12H15ClO3. The second-order valence-corrected chi connectivity index (χ2v) is 3.88. The van der Waals surface area contributed by atoms with Crippen LogP contribution >= 0.6 is 11.6 Å². The zero-order valence-electron chi connectivity index (χ0n) is 9.62. The average molecular weight is 243 g/mol. The van der Waals surface area contributed by atoms with E-state index < -0.39 is 6.10 Å². The Balaban J connectivity index is 2.85. The number of hydrogen-bond donors (Lipinski definition) is 0. The van der Waals surface area contributed by atoms with Crippen LogP contribution in [0.2, 0.25) is 5.02 Å². The first-order valence-electron chi connectivity index (χ1n) is 5.09. The summed E-state index contributed by atoms with van der Waals surface area (Å²) >= 11 is 5.97. The molecule has 3 nitrogen and oxygen atoms in total. The van der Waals surface area contributed by atoms with Crippen molar-refractivity contribution in [2.24, 2.45) is 0 Å². The van der Waals surface area contributed by atoms with E-state index in [2.05, 4.69) is 4.74 Å². The Morgan fingerprint density at radius 3 is 2.75 bits per heavy atom. The van der Waals surface area contributed by atoms with E-state index in [0.29, 0.717) is 17.2 Å². The van der Waals surface area contributed by atoms with E-state index in [-0.39, 0.29) is 5.97 Å². The number of methoxy groups -OCH3 is 1. The molecule has 0 N–H and O–H groups in total. The van der Waals surface area contributed by atoms with Crippen LogP contribution in [0.3, 0.4) is 0 Å². The number of aryl methyl sites for hydroxylation is 1. The highest BCUT2D eigenvalue weighted by Crippen LogP contribution is 2.26. The number of benzene rings is 1. The monoisotopic (exact) mass is 242 g/mol. The van der Waals surface area contributed by atoms with Crippen LogP contribution in [-0.4, -0.2) is 19.2 Å². The number of hydrogen-bond acceptors (Lipinski definition) is 3. The van der Waals surface area contributed by atoms with E-state index in [1.165, 1.54) is 7.11 Å². The number of carbonyl (C=O) groups excluding carboxylic acids is 1. The maximum absolute atomic E-state index is 11.4. The van der Waals surface area contributed by atoms with Gasteiger partial charge in [-0.25, -0.2) is 4.79 Å². The van der Waals surface area contributed by atoms with Crippen molar-refractivity contribution in [3.8, 4) is 5.75 Å². The molecule has 0 fully saturated rings. The Morgan fingerprint density at radius 2 is 2.19 bits per heavy atom. The molecule has 0 saturated carbocycles. The number of esters is 1.